The average Bonchev–Trinajstić information content (AvgIpc) is 3.67. The predicted octanol–water partition coefficient (Wildman–Crippen LogP) is 4.83. The number of esters is 2. The Bertz CT molecular complexity index is 1510. The van der Waals surface area contributed by atoms with Crippen molar-refractivity contribution in [3.8, 4) is 0 Å². The number of amides is 2. The van der Waals surface area contributed by atoms with Crippen LogP contribution < -0.4 is 5.32 Å². The summed E-state index contributed by atoms with van der Waals surface area (Å²) in [6.07, 6.45) is 7.62. The Kier molecular flexibility index (Phi) is 13.6. The van der Waals surface area contributed by atoms with Gasteiger partial charge in [-0.2, -0.15) is 5.06 Å². The van der Waals surface area contributed by atoms with Crippen LogP contribution in [0, 0.1) is 5.41 Å². The molecule has 1 saturated carbocycles. The number of carbonyl (C=O) groups is 4. The second-order valence-electron chi connectivity index (χ2n) is 16.5. The number of benzene rings is 1. The lowest BCUT2D eigenvalue weighted by Gasteiger charge is -2.49. The smallest absolute Gasteiger partial charge is 0.327 e. The van der Waals surface area contributed by atoms with Gasteiger partial charge in [-0.15, -0.1) is 0 Å². The summed E-state index contributed by atoms with van der Waals surface area (Å²) in [5.41, 5.74) is -0.619. The lowest BCUT2D eigenvalue weighted by atomic mass is 9.62. The van der Waals surface area contributed by atoms with E-state index in [-0.39, 0.29) is 31.7 Å². The fourth-order valence-electron chi connectivity index (χ4n) is 8.23. The summed E-state index contributed by atoms with van der Waals surface area (Å²) < 4.78 is 25.4. The minimum absolute atomic E-state index is 0.0176. The normalized spacial score (nSPS) is 27.7. The lowest BCUT2D eigenvalue weighted by molar-refractivity contribution is -0.224. The molecule has 13 heteroatoms. The highest BCUT2D eigenvalue weighted by atomic mass is 16.8. The van der Waals surface area contributed by atoms with Crippen molar-refractivity contribution < 1.29 is 48.1 Å². The number of likely N-dealkylation sites (N-methyl/N-ethyl adjacent to an activating group) is 1. The summed E-state index contributed by atoms with van der Waals surface area (Å²) in [5.74, 6) is -2.62. The molecule has 2 bridgehead atoms. The van der Waals surface area contributed by atoms with E-state index in [2.05, 4.69) is 19.2 Å². The van der Waals surface area contributed by atoms with Crippen LogP contribution in [-0.2, 0) is 49.5 Å². The summed E-state index contributed by atoms with van der Waals surface area (Å²) >= 11 is 0. The number of aliphatic hydroxyl groups is 1. The largest absolute Gasteiger partial charge is 0.460 e. The zero-order chi connectivity index (χ0) is 39.3. The SMILES string of the molecule is CCCCCC1(CCCCC)O[C@@H]2[C@H]3ON(Cc4ccccc4C=CC(=O)N(C)C)[C@H]4C(=O)OC(CC34C(=O)N[C@H](CO)CCC(=O)OC(C)(C)C)[C@@H]2O1. The van der Waals surface area contributed by atoms with E-state index in [1.807, 2.05) is 24.3 Å². The van der Waals surface area contributed by atoms with Crippen LogP contribution in [0.3, 0.4) is 0 Å². The average molecular weight is 756 g/mol. The van der Waals surface area contributed by atoms with Crippen LogP contribution in [-0.4, -0.2) is 107 Å². The third-order valence-corrected chi connectivity index (χ3v) is 10.9. The van der Waals surface area contributed by atoms with Crippen LogP contribution >= 0.6 is 0 Å². The Labute approximate surface area is 320 Å². The highest BCUT2D eigenvalue weighted by Crippen LogP contribution is 2.58. The molecule has 2 unspecified atom stereocenters. The molecule has 5 rings (SSSR count). The molecule has 300 valence electrons. The van der Waals surface area contributed by atoms with Crippen molar-refractivity contribution in [2.45, 2.75) is 160 Å². The third-order valence-electron chi connectivity index (χ3n) is 10.9. The van der Waals surface area contributed by atoms with Gasteiger partial charge in [0.1, 0.15) is 35.4 Å². The summed E-state index contributed by atoms with van der Waals surface area (Å²) in [6.45, 7) is 9.31. The van der Waals surface area contributed by atoms with Crippen LogP contribution in [0.15, 0.2) is 30.3 Å². The Morgan fingerprint density at radius 3 is 2.35 bits per heavy atom. The molecule has 1 aliphatic carbocycles. The van der Waals surface area contributed by atoms with Crippen LogP contribution in [0.2, 0.25) is 0 Å². The molecular formula is C41H61N3O10. The summed E-state index contributed by atoms with van der Waals surface area (Å²) in [5, 5.41) is 14.9. The molecule has 1 aromatic rings. The first-order valence-electron chi connectivity index (χ1n) is 19.8. The van der Waals surface area contributed by atoms with Gasteiger partial charge in [-0.3, -0.25) is 24.0 Å². The second-order valence-corrected chi connectivity index (χ2v) is 16.5. The summed E-state index contributed by atoms with van der Waals surface area (Å²) in [4.78, 5) is 62.3. The number of rotatable bonds is 18. The van der Waals surface area contributed by atoms with Gasteiger partial charge in [0.15, 0.2) is 11.8 Å². The molecule has 3 aliphatic heterocycles. The topological polar surface area (TPSA) is 153 Å². The Morgan fingerprint density at radius 1 is 1.06 bits per heavy atom. The van der Waals surface area contributed by atoms with Crippen molar-refractivity contribution in [2.24, 2.45) is 5.41 Å². The van der Waals surface area contributed by atoms with Gasteiger partial charge in [-0.25, -0.2) is 0 Å². The maximum absolute atomic E-state index is 14.9. The van der Waals surface area contributed by atoms with Gasteiger partial charge >= 0.3 is 11.9 Å². The molecule has 7 atom stereocenters. The van der Waals surface area contributed by atoms with Crippen molar-refractivity contribution >= 4 is 29.8 Å². The molecule has 0 radical (unpaired) electrons. The quantitative estimate of drug-likeness (QED) is 0.120. The maximum atomic E-state index is 14.9. The standard InChI is InChI=1S/C41H61N3O10/c1-8-10-14-22-40(23-15-11-9-2)52-33-30-24-41(38(49)42-29(26-45)19-21-32(47)51-39(3,4)5)35(37(48)50-30)44(54-36(41)34(33)53-40)25-28-17-13-12-16-27(28)18-20-31(46)43(6)7/h12-13,16-18,20,29-30,33-36,45H,8-11,14-15,19,21-26H2,1-7H3,(H,42,49)/t29-,30?,33-,34-,35-,36+,41?/m0/s1. The van der Waals surface area contributed by atoms with Crippen molar-refractivity contribution in [3.63, 3.8) is 0 Å². The first-order chi connectivity index (χ1) is 25.7. The highest BCUT2D eigenvalue weighted by molar-refractivity contribution is 5.94. The van der Waals surface area contributed by atoms with Gasteiger partial charge in [0, 0.05) is 45.9 Å². The number of hydrogen-bond acceptors (Lipinski definition) is 11. The number of unbranched alkanes of at least 4 members (excludes halogenated alkanes) is 4. The van der Waals surface area contributed by atoms with Gasteiger partial charge in [0.05, 0.1) is 19.2 Å². The maximum Gasteiger partial charge on any atom is 0.327 e. The van der Waals surface area contributed by atoms with Crippen molar-refractivity contribution in [1.29, 1.82) is 0 Å². The minimum Gasteiger partial charge on any atom is -0.460 e. The van der Waals surface area contributed by atoms with E-state index < -0.39 is 77.8 Å². The lowest BCUT2D eigenvalue weighted by Crippen LogP contribution is -2.70. The summed E-state index contributed by atoms with van der Waals surface area (Å²) in [7, 11) is 3.35. The van der Waals surface area contributed by atoms with E-state index in [0.29, 0.717) is 12.8 Å². The van der Waals surface area contributed by atoms with E-state index in [9.17, 15) is 24.3 Å². The van der Waals surface area contributed by atoms with E-state index in [1.165, 1.54) is 16.0 Å². The zero-order valence-electron chi connectivity index (χ0n) is 33.1. The van der Waals surface area contributed by atoms with Crippen molar-refractivity contribution in [2.75, 3.05) is 20.7 Å². The highest BCUT2D eigenvalue weighted by Gasteiger charge is 2.76. The van der Waals surface area contributed by atoms with Gasteiger partial charge < -0.3 is 34.3 Å². The Morgan fingerprint density at radius 2 is 1.72 bits per heavy atom. The molecule has 3 saturated heterocycles. The molecule has 13 nitrogen and oxygen atoms in total. The molecule has 2 amide bonds. The number of fused-ring (bicyclic) bond motifs is 4. The Balaban J connectivity index is 1.50. The molecule has 4 fully saturated rings. The second kappa shape index (κ2) is 17.6. The van der Waals surface area contributed by atoms with Gasteiger partial charge in [0.2, 0.25) is 11.8 Å². The number of ether oxygens (including phenoxy) is 4. The van der Waals surface area contributed by atoms with Crippen LogP contribution in [0.4, 0.5) is 0 Å². The number of carbonyl (C=O) groups excluding carboxylic acids is 4. The molecule has 3 heterocycles. The number of nitrogens with zero attached hydrogens (tertiary/aromatic N) is 2. The van der Waals surface area contributed by atoms with Crippen LogP contribution in [0.1, 0.15) is 116 Å². The van der Waals surface area contributed by atoms with E-state index in [4.69, 9.17) is 23.8 Å². The van der Waals surface area contributed by atoms with Gasteiger partial charge in [0.25, 0.3) is 0 Å². The molecule has 0 spiro atoms. The molecular weight excluding hydrogens is 694 g/mol. The fourth-order valence-corrected chi connectivity index (χ4v) is 8.23. The molecule has 4 aliphatic rings. The number of hydroxylamine groups is 2. The van der Waals surface area contributed by atoms with E-state index in [1.54, 1.807) is 40.9 Å². The molecule has 0 aromatic heterocycles. The van der Waals surface area contributed by atoms with Gasteiger partial charge in [-0.05, 0) is 57.2 Å². The molecule has 1 aromatic carbocycles. The van der Waals surface area contributed by atoms with Crippen molar-refractivity contribution in [1.82, 2.24) is 15.3 Å². The first kappa shape index (κ1) is 41.8. The van der Waals surface area contributed by atoms with Crippen LogP contribution in [0.25, 0.3) is 6.08 Å². The van der Waals surface area contributed by atoms with E-state index in [0.717, 1.165) is 49.7 Å². The predicted molar refractivity (Wildman–Crippen MR) is 200 cm³/mol. The monoisotopic (exact) mass is 755 g/mol. The fraction of sp³-hybridized carbons (Fsp3) is 0.707. The summed E-state index contributed by atoms with van der Waals surface area (Å²) in [6, 6.07) is 5.55. The molecule has 54 heavy (non-hydrogen) atoms. The first-order valence-corrected chi connectivity index (χ1v) is 19.8. The minimum atomic E-state index is -1.46. The molecule has 2 N–H and O–H groups in total. The van der Waals surface area contributed by atoms with Gasteiger partial charge in [-0.1, -0.05) is 63.8 Å². The third kappa shape index (κ3) is 9.18. The number of aliphatic hydroxyl groups excluding tert-OH is 1. The number of nitrogens with one attached hydrogen (secondary N) is 1. The van der Waals surface area contributed by atoms with Crippen molar-refractivity contribution in [3.05, 3.63) is 41.5 Å². The Hall–Kier alpha value is -3.36. The zero-order valence-corrected chi connectivity index (χ0v) is 33.1. The number of hydrogen-bond donors (Lipinski definition) is 2. The van der Waals surface area contributed by atoms with E-state index >= 15 is 0 Å². The van der Waals surface area contributed by atoms with Crippen LogP contribution in [0.5, 0.6) is 0 Å².